The van der Waals surface area contributed by atoms with Crippen molar-refractivity contribution in [2.24, 2.45) is 0 Å². The van der Waals surface area contributed by atoms with Crippen LogP contribution in [0.1, 0.15) is 12.8 Å². The number of hydrogen-bond donors (Lipinski definition) is 2. The molecule has 3 rings (SSSR count). The van der Waals surface area contributed by atoms with E-state index < -0.39 is 20.6 Å². The van der Waals surface area contributed by atoms with Crippen molar-refractivity contribution in [3.05, 3.63) is 58.6 Å². The number of nitrogens with one attached hydrogen (secondary N) is 2. The first-order valence-corrected chi connectivity index (χ1v) is 11.2. The highest BCUT2D eigenvalue weighted by molar-refractivity contribution is 7.89. The fourth-order valence-electron chi connectivity index (χ4n) is 3.40. The number of nitro benzene ring substituents is 1. The smallest absolute Gasteiger partial charge is 0.312 e. The molecule has 1 aliphatic rings. The Labute approximate surface area is 180 Å². The molecule has 0 aromatic heterocycles. The van der Waals surface area contributed by atoms with E-state index in [1.807, 2.05) is 35.2 Å². The average molecular weight is 449 g/mol. The molecule has 0 atom stereocenters. The van der Waals surface area contributed by atoms with Crippen molar-refractivity contribution in [1.29, 1.82) is 0 Å². The van der Waals surface area contributed by atoms with Gasteiger partial charge in [0, 0.05) is 30.9 Å². The summed E-state index contributed by atoms with van der Waals surface area (Å²) in [4.78, 5) is 24.4. The van der Waals surface area contributed by atoms with E-state index in [-0.39, 0.29) is 29.1 Å². The van der Waals surface area contributed by atoms with Crippen LogP contribution in [0.2, 0.25) is 0 Å². The predicted molar refractivity (Wildman–Crippen MR) is 115 cm³/mol. The number of anilines is 1. The number of rotatable bonds is 8. The van der Waals surface area contributed by atoms with E-state index in [0.717, 1.165) is 11.8 Å². The summed E-state index contributed by atoms with van der Waals surface area (Å²) in [5.74, 6) is -0.137. The van der Waals surface area contributed by atoms with Gasteiger partial charge in [-0.05, 0) is 37.1 Å². The Kier molecular flexibility index (Phi) is 7.21. The maximum Gasteiger partial charge on any atom is 0.312 e. The summed E-state index contributed by atoms with van der Waals surface area (Å²) in [6.07, 6.45) is 1.05. The van der Waals surface area contributed by atoms with Crippen molar-refractivity contribution in [2.45, 2.75) is 23.8 Å². The van der Waals surface area contributed by atoms with Gasteiger partial charge in [0.25, 0.3) is 0 Å². The third-order valence-electron chi connectivity index (χ3n) is 4.99. The number of nitro groups is 1. The highest BCUT2D eigenvalue weighted by Crippen LogP contribution is 2.29. The Morgan fingerprint density at radius 1 is 1.19 bits per heavy atom. The summed E-state index contributed by atoms with van der Waals surface area (Å²) in [6.45, 7) is 1.33. The average Bonchev–Trinajstić information content (AvgIpc) is 2.75. The summed E-state index contributed by atoms with van der Waals surface area (Å²) < 4.78 is 32.9. The van der Waals surface area contributed by atoms with Gasteiger partial charge >= 0.3 is 5.69 Å². The highest BCUT2D eigenvalue weighted by Gasteiger charge is 2.27. The van der Waals surface area contributed by atoms with Crippen LogP contribution in [0, 0.1) is 10.1 Å². The van der Waals surface area contributed by atoms with Gasteiger partial charge in [-0.2, -0.15) is 0 Å². The van der Waals surface area contributed by atoms with Crippen LogP contribution in [-0.2, 0) is 14.8 Å². The Bertz CT molecular complexity index is 1040. The molecular weight excluding hydrogens is 424 g/mol. The second kappa shape index (κ2) is 9.86. The normalized spacial score (nSPS) is 15.4. The zero-order chi connectivity index (χ0) is 22.4. The summed E-state index contributed by atoms with van der Waals surface area (Å²) in [7, 11) is -2.65. The number of ether oxygens (including phenoxy) is 1. The molecule has 2 aromatic rings. The second-order valence-corrected chi connectivity index (χ2v) is 8.89. The molecule has 10 nitrogen and oxygen atoms in total. The number of para-hydroxylation sites is 1. The van der Waals surface area contributed by atoms with E-state index >= 15 is 0 Å². The molecule has 166 valence electrons. The number of carbonyl (C=O) groups is 1. The van der Waals surface area contributed by atoms with Crippen molar-refractivity contribution >= 4 is 27.3 Å². The molecule has 2 aromatic carbocycles. The molecule has 0 radical (unpaired) electrons. The Morgan fingerprint density at radius 2 is 1.87 bits per heavy atom. The molecule has 1 fully saturated rings. The van der Waals surface area contributed by atoms with E-state index in [1.54, 1.807) is 0 Å². The van der Waals surface area contributed by atoms with Gasteiger partial charge in [-0.3, -0.25) is 19.8 Å². The zero-order valence-electron chi connectivity index (χ0n) is 17.0. The fraction of sp³-hybridized carbons (Fsp3) is 0.350. The van der Waals surface area contributed by atoms with E-state index in [2.05, 4.69) is 10.0 Å². The van der Waals surface area contributed by atoms with Gasteiger partial charge < -0.3 is 10.1 Å². The third-order valence-corrected chi connectivity index (χ3v) is 6.51. The Hall–Kier alpha value is -3.02. The van der Waals surface area contributed by atoms with Gasteiger partial charge in [0.05, 0.1) is 23.5 Å². The first-order chi connectivity index (χ1) is 14.8. The number of amides is 1. The molecule has 0 aliphatic carbocycles. The van der Waals surface area contributed by atoms with Gasteiger partial charge in [0.15, 0.2) is 5.75 Å². The number of nitrogens with zero attached hydrogens (tertiary/aromatic N) is 2. The lowest BCUT2D eigenvalue weighted by molar-refractivity contribution is -0.386. The minimum absolute atomic E-state index is 0.00830. The molecule has 0 bridgehead atoms. The topological polar surface area (TPSA) is 131 Å². The van der Waals surface area contributed by atoms with Crippen molar-refractivity contribution in [2.75, 3.05) is 32.1 Å². The largest absolute Gasteiger partial charge is 0.490 e. The molecule has 1 saturated heterocycles. The minimum atomic E-state index is -3.93. The number of hydrogen-bond acceptors (Lipinski definition) is 7. The van der Waals surface area contributed by atoms with E-state index in [1.165, 1.54) is 19.2 Å². The number of carbonyl (C=O) groups excluding carboxylic acids is 1. The van der Waals surface area contributed by atoms with Crippen LogP contribution >= 0.6 is 0 Å². The summed E-state index contributed by atoms with van der Waals surface area (Å²) in [5.41, 5.74) is 0.313. The molecule has 1 heterocycles. The summed E-state index contributed by atoms with van der Waals surface area (Å²) >= 11 is 0. The maximum atomic E-state index is 12.7. The quantitative estimate of drug-likeness (QED) is 0.466. The minimum Gasteiger partial charge on any atom is -0.490 e. The van der Waals surface area contributed by atoms with Crippen molar-refractivity contribution < 1.29 is 22.9 Å². The van der Waals surface area contributed by atoms with Gasteiger partial charge in [0.2, 0.25) is 15.9 Å². The SMILES string of the molecule is COc1ccc(S(=O)(=O)NC2CCN(CC(=O)Nc3ccccc3)CC2)cc1[N+](=O)[O-]. The lowest BCUT2D eigenvalue weighted by atomic mass is 10.1. The molecule has 1 amide bonds. The van der Waals surface area contributed by atoms with E-state index in [9.17, 15) is 23.3 Å². The predicted octanol–water partition coefficient (Wildman–Crippen LogP) is 1.98. The van der Waals surface area contributed by atoms with Crippen LogP contribution in [0.15, 0.2) is 53.4 Å². The van der Waals surface area contributed by atoms with Crippen LogP contribution in [0.4, 0.5) is 11.4 Å². The van der Waals surface area contributed by atoms with Crippen LogP contribution in [0.3, 0.4) is 0 Å². The molecule has 11 heteroatoms. The van der Waals surface area contributed by atoms with Gasteiger partial charge in [-0.15, -0.1) is 0 Å². The van der Waals surface area contributed by atoms with E-state index in [4.69, 9.17) is 4.74 Å². The number of piperidine rings is 1. The molecule has 2 N–H and O–H groups in total. The molecular formula is C20H24N4O6S. The molecule has 1 aliphatic heterocycles. The summed E-state index contributed by atoms with van der Waals surface area (Å²) in [5, 5.41) is 14.0. The van der Waals surface area contributed by atoms with E-state index in [0.29, 0.717) is 25.9 Å². The zero-order valence-corrected chi connectivity index (χ0v) is 17.8. The number of sulfonamides is 1. The number of benzene rings is 2. The van der Waals surface area contributed by atoms with Crippen LogP contribution in [0.5, 0.6) is 5.75 Å². The van der Waals surface area contributed by atoms with Crippen LogP contribution in [-0.4, -0.2) is 56.9 Å². The first kappa shape index (κ1) is 22.7. The van der Waals surface area contributed by atoms with Gasteiger partial charge in [-0.25, -0.2) is 13.1 Å². The monoisotopic (exact) mass is 448 g/mol. The Balaban J connectivity index is 1.55. The molecule has 0 saturated carbocycles. The fourth-order valence-corrected chi connectivity index (χ4v) is 4.73. The van der Waals surface area contributed by atoms with Crippen molar-refractivity contribution in [1.82, 2.24) is 9.62 Å². The van der Waals surface area contributed by atoms with Crippen molar-refractivity contribution in [3.8, 4) is 5.75 Å². The van der Waals surface area contributed by atoms with Gasteiger partial charge in [-0.1, -0.05) is 18.2 Å². The Morgan fingerprint density at radius 3 is 2.48 bits per heavy atom. The third kappa shape index (κ3) is 6.00. The first-order valence-electron chi connectivity index (χ1n) is 9.70. The molecule has 0 unspecified atom stereocenters. The standard InChI is InChI=1S/C20H24N4O6S/c1-30-19-8-7-17(13-18(19)24(26)27)31(28,29)22-16-9-11-23(12-10-16)14-20(25)21-15-5-3-2-4-6-15/h2-8,13,16,22H,9-12,14H2,1H3,(H,21,25). The van der Waals surface area contributed by atoms with Crippen molar-refractivity contribution in [3.63, 3.8) is 0 Å². The summed E-state index contributed by atoms with van der Waals surface area (Å²) in [6, 6.07) is 12.4. The lowest BCUT2D eigenvalue weighted by Gasteiger charge is -2.31. The molecule has 31 heavy (non-hydrogen) atoms. The lowest BCUT2D eigenvalue weighted by Crippen LogP contribution is -2.46. The van der Waals surface area contributed by atoms with Gasteiger partial charge in [0.1, 0.15) is 0 Å². The highest BCUT2D eigenvalue weighted by atomic mass is 32.2. The number of methoxy groups -OCH3 is 1. The number of likely N-dealkylation sites (tertiary alicyclic amines) is 1. The van der Waals surface area contributed by atoms with Crippen LogP contribution in [0.25, 0.3) is 0 Å². The molecule has 0 spiro atoms. The second-order valence-electron chi connectivity index (χ2n) is 7.18. The maximum absolute atomic E-state index is 12.7. The van der Waals surface area contributed by atoms with Crippen LogP contribution < -0.4 is 14.8 Å².